The fourth-order valence-corrected chi connectivity index (χ4v) is 2.20. The molecule has 0 saturated heterocycles. The molecule has 2 rings (SSSR count). The smallest absolute Gasteiger partial charge is 0.231 e. The van der Waals surface area contributed by atoms with Crippen molar-refractivity contribution in [2.75, 3.05) is 20.4 Å². The van der Waals surface area contributed by atoms with Crippen LogP contribution >= 0.6 is 11.8 Å². The lowest BCUT2D eigenvalue weighted by Gasteiger charge is -2.06. The van der Waals surface area contributed by atoms with E-state index in [1.807, 2.05) is 36.9 Å². The average molecular weight is 403 g/mol. The molecule has 0 saturated carbocycles. The largest absolute Gasteiger partial charge is 1.00 e. The number of methoxy groups -OCH3 is 1. The molecular formula is C14H18IN3OS. The summed E-state index contributed by atoms with van der Waals surface area (Å²) < 4.78 is 5.16. The van der Waals surface area contributed by atoms with Crippen molar-refractivity contribution in [1.29, 1.82) is 0 Å². The van der Waals surface area contributed by atoms with Crippen LogP contribution in [0.2, 0.25) is 0 Å². The molecule has 2 aromatic rings. The number of aromatic nitrogens is 2. The van der Waals surface area contributed by atoms with Crippen LogP contribution < -0.4 is 34.0 Å². The van der Waals surface area contributed by atoms with E-state index < -0.39 is 0 Å². The second-order valence-electron chi connectivity index (χ2n) is 4.08. The van der Waals surface area contributed by atoms with Gasteiger partial charge in [-0.3, -0.25) is 5.32 Å². The molecule has 4 nitrogen and oxygen atoms in total. The number of rotatable bonds is 5. The number of nitrogens with zero attached hydrogens (tertiary/aromatic N) is 2. The predicted molar refractivity (Wildman–Crippen MR) is 77.1 cm³/mol. The third kappa shape index (κ3) is 4.32. The van der Waals surface area contributed by atoms with Gasteiger partial charge in [0.05, 0.1) is 19.7 Å². The standard InChI is InChI=1S/C14H17N3OS.HI/c1-15-13-11(9-16-14(17-13)19-3)8-10-4-6-12(18-2)7-5-10;/h4-7,9H,8H2,1-3H3,(H,15,16,17);1H. The van der Waals surface area contributed by atoms with Gasteiger partial charge in [-0.15, -0.1) is 0 Å². The summed E-state index contributed by atoms with van der Waals surface area (Å²) >= 11 is 1.56. The maximum absolute atomic E-state index is 5.16. The van der Waals surface area contributed by atoms with E-state index in [9.17, 15) is 0 Å². The highest BCUT2D eigenvalue weighted by Crippen LogP contribution is 2.18. The minimum absolute atomic E-state index is 0. The van der Waals surface area contributed by atoms with Crippen molar-refractivity contribution < 1.29 is 34.0 Å². The minimum Gasteiger partial charge on any atom is -1.00 e. The van der Waals surface area contributed by atoms with Crippen LogP contribution in [0.4, 0.5) is 5.82 Å². The Balaban J connectivity index is 0.00000200. The molecule has 1 heterocycles. The van der Waals surface area contributed by atoms with Crippen LogP contribution in [-0.2, 0) is 6.42 Å². The Morgan fingerprint density at radius 2 is 1.95 bits per heavy atom. The SMILES string of the molecule is C[NH2+]c1nc(SC)ncc1Cc1ccc(OC)cc1.[I-]. The molecule has 20 heavy (non-hydrogen) atoms. The maximum Gasteiger partial charge on any atom is 0.231 e. The van der Waals surface area contributed by atoms with Gasteiger partial charge >= 0.3 is 0 Å². The fraction of sp³-hybridized carbons (Fsp3) is 0.286. The van der Waals surface area contributed by atoms with Crippen molar-refractivity contribution in [3.63, 3.8) is 0 Å². The molecular weight excluding hydrogens is 385 g/mol. The Labute approximate surface area is 140 Å². The van der Waals surface area contributed by atoms with E-state index in [4.69, 9.17) is 4.74 Å². The fourth-order valence-electron chi connectivity index (χ4n) is 1.85. The second-order valence-corrected chi connectivity index (χ2v) is 4.85. The van der Waals surface area contributed by atoms with Crippen molar-refractivity contribution in [2.24, 2.45) is 0 Å². The van der Waals surface area contributed by atoms with Gasteiger partial charge in [-0.1, -0.05) is 23.9 Å². The van der Waals surface area contributed by atoms with E-state index in [2.05, 4.69) is 22.1 Å². The number of nitrogens with two attached hydrogens (primary N) is 1. The molecule has 0 aliphatic carbocycles. The molecule has 0 bridgehead atoms. The molecule has 2 N–H and O–H groups in total. The van der Waals surface area contributed by atoms with Gasteiger partial charge in [0.2, 0.25) is 5.82 Å². The summed E-state index contributed by atoms with van der Waals surface area (Å²) in [6.45, 7) is 0. The Bertz CT molecular complexity index is 549. The molecule has 6 heteroatoms. The van der Waals surface area contributed by atoms with Crippen LogP contribution in [0.1, 0.15) is 11.1 Å². The maximum atomic E-state index is 5.16. The minimum atomic E-state index is 0. The molecule has 0 amide bonds. The number of thioether (sulfide) groups is 1. The van der Waals surface area contributed by atoms with Crippen molar-refractivity contribution >= 4 is 17.6 Å². The van der Waals surface area contributed by atoms with Crippen molar-refractivity contribution in [1.82, 2.24) is 9.97 Å². The lowest BCUT2D eigenvalue weighted by atomic mass is 10.1. The number of quaternary nitrogens is 1. The van der Waals surface area contributed by atoms with Crippen LogP contribution in [0.3, 0.4) is 0 Å². The first-order valence-corrected chi connectivity index (χ1v) is 7.31. The predicted octanol–water partition coefficient (Wildman–Crippen LogP) is -1.37. The third-order valence-corrected chi connectivity index (χ3v) is 3.45. The molecule has 1 aromatic heterocycles. The highest BCUT2D eigenvalue weighted by atomic mass is 127. The van der Waals surface area contributed by atoms with Gasteiger partial charge in [0, 0.05) is 12.6 Å². The number of hydrogen-bond acceptors (Lipinski definition) is 4. The Morgan fingerprint density at radius 1 is 1.25 bits per heavy atom. The summed E-state index contributed by atoms with van der Waals surface area (Å²) in [5, 5.41) is 2.84. The van der Waals surface area contributed by atoms with Crippen LogP contribution in [0.15, 0.2) is 35.6 Å². The topological polar surface area (TPSA) is 51.6 Å². The number of ether oxygens (including phenoxy) is 1. The van der Waals surface area contributed by atoms with Crippen LogP contribution in [0.5, 0.6) is 5.75 Å². The number of benzene rings is 1. The zero-order chi connectivity index (χ0) is 13.7. The molecule has 1 aromatic carbocycles. The van der Waals surface area contributed by atoms with E-state index in [0.29, 0.717) is 0 Å². The molecule has 0 fully saturated rings. The monoisotopic (exact) mass is 403 g/mol. The average Bonchev–Trinajstić information content (AvgIpc) is 2.48. The van der Waals surface area contributed by atoms with E-state index in [1.54, 1.807) is 18.9 Å². The van der Waals surface area contributed by atoms with Crippen molar-refractivity contribution in [2.45, 2.75) is 11.6 Å². The molecule has 0 atom stereocenters. The molecule has 0 aliphatic heterocycles. The van der Waals surface area contributed by atoms with E-state index in [1.165, 1.54) is 5.56 Å². The van der Waals surface area contributed by atoms with Crippen molar-refractivity contribution in [3.8, 4) is 5.75 Å². The van der Waals surface area contributed by atoms with Gasteiger partial charge in [-0.05, 0) is 24.0 Å². The van der Waals surface area contributed by atoms with Gasteiger partial charge in [0.1, 0.15) is 5.75 Å². The van der Waals surface area contributed by atoms with E-state index in [-0.39, 0.29) is 24.0 Å². The number of halogens is 1. The molecule has 0 spiro atoms. The first-order valence-electron chi connectivity index (χ1n) is 6.09. The molecule has 0 radical (unpaired) electrons. The molecule has 0 aliphatic rings. The zero-order valence-electron chi connectivity index (χ0n) is 11.8. The summed E-state index contributed by atoms with van der Waals surface area (Å²) in [6.07, 6.45) is 4.73. The Kier molecular flexibility index (Phi) is 7.25. The van der Waals surface area contributed by atoms with Crippen molar-refractivity contribution in [3.05, 3.63) is 41.6 Å². The molecule has 0 unspecified atom stereocenters. The van der Waals surface area contributed by atoms with Gasteiger partial charge in [-0.25, -0.2) is 4.98 Å². The lowest BCUT2D eigenvalue weighted by Crippen LogP contribution is -3.00. The number of hydrogen-bond donors (Lipinski definition) is 1. The zero-order valence-corrected chi connectivity index (χ0v) is 14.7. The first-order chi connectivity index (χ1) is 9.26. The summed E-state index contributed by atoms with van der Waals surface area (Å²) in [4.78, 5) is 8.85. The molecule has 108 valence electrons. The highest BCUT2D eigenvalue weighted by molar-refractivity contribution is 7.98. The summed E-state index contributed by atoms with van der Waals surface area (Å²) in [5.74, 6) is 1.88. The Hall–Kier alpha value is -0.860. The highest BCUT2D eigenvalue weighted by Gasteiger charge is 2.10. The van der Waals surface area contributed by atoms with Gasteiger partial charge in [0.25, 0.3) is 0 Å². The second kappa shape index (κ2) is 8.43. The normalized spacial score (nSPS) is 9.95. The lowest BCUT2D eigenvalue weighted by molar-refractivity contribution is -0.544. The van der Waals surface area contributed by atoms with Gasteiger partial charge in [0.15, 0.2) is 5.16 Å². The summed E-state index contributed by atoms with van der Waals surface area (Å²) in [6, 6.07) is 8.09. The summed E-state index contributed by atoms with van der Waals surface area (Å²) in [5.41, 5.74) is 2.37. The quantitative estimate of drug-likeness (QED) is 0.380. The van der Waals surface area contributed by atoms with Crippen LogP contribution in [0.25, 0.3) is 0 Å². The van der Waals surface area contributed by atoms with Crippen LogP contribution in [-0.4, -0.2) is 30.4 Å². The summed E-state index contributed by atoms with van der Waals surface area (Å²) in [7, 11) is 3.68. The first kappa shape index (κ1) is 17.2. The van der Waals surface area contributed by atoms with E-state index in [0.717, 1.165) is 28.7 Å². The Morgan fingerprint density at radius 3 is 2.50 bits per heavy atom. The van der Waals surface area contributed by atoms with Gasteiger partial charge in [-0.2, -0.15) is 4.98 Å². The van der Waals surface area contributed by atoms with Gasteiger partial charge < -0.3 is 28.7 Å². The van der Waals surface area contributed by atoms with Crippen LogP contribution in [0, 0.1) is 0 Å². The third-order valence-electron chi connectivity index (χ3n) is 2.89. The van der Waals surface area contributed by atoms with E-state index >= 15 is 0 Å².